The number of aromatic amines is 1. The summed E-state index contributed by atoms with van der Waals surface area (Å²) in [6.45, 7) is 0. The number of rotatable bonds is 4. The van der Waals surface area contributed by atoms with Crippen molar-refractivity contribution in [1.82, 2.24) is 10.2 Å². The van der Waals surface area contributed by atoms with E-state index >= 15 is 0 Å². The third-order valence-corrected chi connectivity index (χ3v) is 3.74. The molecule has 1 heterocycles. The first-order valence-corrected chi connectivity index (χ1v) is 7.44. The number of anilines is 1. The number of nitrogens with two attached hydrogens (primary N) is 1. The van der Waals surface area contributed by atoms with Gasteiger partial charge in [0.1, 0.15) is 5.69 Å². The highest BCUT2D eigenvalue weighted by Crippen LogP contribution is 2.26. The Hall–Kier alpha value is -3.12. The minimum absolute atomic E-state index is 0.233. The van der Waals surface area contributed by atoms with E-state index in [1.54, 1.807) is 36.4 Å². The summed E-state index contributed by atoms with van der Waals surface area (Å²) < 4.78 is 0. The molecule has 0 fully saturated rings. The minimum Gasteiger partial charge on any atom is -0.366 e. The molecule has 7 heteroatoms. The SMILES string of the molecule is NC(=O)c1ccccc1NC(=O)c1cc(-c2ccccc2Cl)n[nH]1. The Morgan fingerprint density at radius 1 is 1.08 bits per heavy atom. The van der Waals surface area contributed by atoms with Crippen LogP contribution in [0, 0.1) is 0 Å². The molecule has 4 N–H and O–H groups in total. The van der Waals surface area contributed by atoms with Crippen molar-refractivity contribution < 1.29 is 9.59 Å². The van der Waals surface area contributed by atoms with Gasteiger partial charge in [-0.05, 0) is 24.3 Å². The van der Waals surface area contributed by atoms with Crippen LogP contribution in [0.1, 0.15) is 20.8 Å². The van der Waals surface area contributed by atoms with Crippen LogP contribution in [0.15, 0.2) is 54.6 Å². The molecule has 2 amide bonds. The Labute approximate surface area is 142 Å². The molecule has 0 atom stereocenters. The first kappa shape index (κ1) is 15.8. The van der Waals surface area contributed by atoms with E-state index in [2.05, 4.69) is 15.5 Å². The monoisotopic (exact) mass is 340 g/mol. The molecule has 1 aromatic heterocycles. The molecule has 0 radical (unpaired) electrons. The smallest absolute Gasteiger partial charge is 0.273 e. The number of benzene rings is 2. The van der Waals surface area contributed by atoms with Crippen LogP contribution in [0.25, 0.3) is 11.3 Å². The number of nitrogens with zero attached hydrogens (tertiary/aromatic N) is 1. The normalized spacial score (nSPS) is 10.4. The molecule has 0 aliphatic rings. The molecule has 0 saturated carbocycles. The number of nitrogens with one attached hydrogen (secondary N) is 2. The Kier molecular flexibility index (Phi) is 4.31. The quantitative estimate of drug-likeness (QED) is 0.680. The van der Waals surface area contributed by atoms with Gasteiger partial charge < -0.3 is 11.1 Å². The lowest BCUT2D eigenvalue weighted by Crippen LogP contribution is -2.18. The molecule has 0 spiro atoms. The zero-order valence-corrected chi connectivity index (χ0v) is 13.2. The van der Waals surface area contributed by atoms with E-state index in [1.165, 1.54) is 0 Å². The summed E-state index contributed by atoms with van der Waals surface area (Å²) in [7, 11) is 0. The minimum atomic E-state index is -0.618. The van der Waals surface area contributed by atoms with Crippen molar-refractivity contribution in [2.45, 2.75) is 0 Å². The summed E-state index contributed by atoms with van der Waals surface area (Å²) in [5.41, 5.74) is 7.38. The maximum absolute atomic E-state index is 12.4. The highest BCUT2D eigenvalue weighted by atomic mass is 35.5. The van der Waals surface area contributed by atoms with Crippen LogP contribution in [0.5, 0.6) is 0 Å². The molecule has 24 heavy (non-hydrogen) atoms. The van der Waals surface area contributed by atoms with Crippen molar-refractivity contribution in [3.05, 3.63) is 70.9 Å². The number of aromatic nitrogens is 2. The van der Waals surface area contributed by atoms with E-state index < -0.39 is 11.8 Å². The number of carbonyl (C=O) groups excluding carboxylic acids is 2. The van der Waals surface area contributed by atoms with Crippen LogP contribution in [0.3, 0.4) is 0 Å². The molecule has 2 aromatic carbocycles. The van der Waals surface area contributed by atoms with Gasteiger partial charge in [-0.3, -0.25) is 14.7 Å². The Balaban J connectivity index is 1.85. The van der Waals surface area contributed by atoms with Gasteiger partial charge in [0.2, 0.25) is 0 Å². The van der Waals surface area contributed by atoms with E-state index in [1.807, 2.05) is 18.2 Å². The number of para-hydroxylation sites is 1. The van der Waals surface area contributed by atoms with Crippen LogP contribution >= 0.6 is 11.6 Å². The number of amides is 2. The van der Waals surface area contributed by atoms with Gasteiger partial charge in [0.05, 0.1) is 22.0 Å². The second kappa shape index (κ2) is 6.55. The van der Waals surface area contributed by atoms with Crippen molar-refractivity contribution >= 4 is 29.1 Å². The fourth-order valence-corrected chi connectivity index (χ4v) is 2.47. The van der Waals surface area contributed by atoms with Gasteiger partial charge >= 0.3 is 0 Å². The largest absolute Gasteiger partial charge is 0.366 e. The molecular weight excluding hydrogens is 328 g/mol. The fraction of sp³-hybridized carbons (Fsp3) is 0. The van der Waals surface area contributed by atoms with E-state index in [9.17, 15) is 9.59 Å². The summed E-state index contributed by atoms with van der Waals surface area (Å²) in [6.07, 6.45) is 0. The van der Waals surface area contributed by atoms with Crippen LogP contribution in [0.2, 0.25) is 5.02 Å². The summed E-state index contributed by atoms with van der Waals surface area (Å²) in [5, 5.41) is 9.95. The topological polar surface area (TPSA) is 101 Å². The molecule has 120 valence electrons. The Morgan fingerprint density at radius 3 is 2.54 bits per heavy atom. The van der Waals surface area contributed by atoms with Gasteiger partial charge in [-0.2, -0.15) is 5.10 Å². The standard InChI is InChI=1S/C17H13ClN4O2/c18-12-7-3-1-5-10(12)14-9-15(22-21-14)17(24)20-13-8-4-2-6-11(13)16(19)23/h1-9H,(H2,19,23)(H,20,24)(H,21,22). The van der Waals surface area contributed by atoms with Gasteiger partial charge in [0.15, 0.2) is 0 Å². The van der Waals surface area contributed by atoms with Crippen LogP contribution in [-0.2, 0) is 0 Å². The number of primary amides is 1. The van der Waals surface area contributed by atoms with E-state index in [-0.39, 0.29) is 11.3 Å². The number of hydrogen-bond acceptors (Lipinski definition) is 3. The van der Waals surface area contributed by atoms with Gasteiger partial charge in [-0.15, -0.1) is 0 Å². The lowest BCUT2D eigenvalue weighted by Gasteiger charge is -2.07. The van der Waals surface area contributed by atoms with E-state index in [4.69, 9.17) is 17.3 Å². The molecule has 0 aliphatic carbocycles. The molecule has 0 aliphatic heterocycles. The van der Waals surface area contributed by atoms with Gasteiger partial charge in [-0.25, -0.2) is 0 Å². The van der Waals surface area contributed by atoms with Gasteiger partial charge in [0, 0.05) is 5.56 Å². The Bertz CT molecular complexity index is 920. The second-order valence-electron chi connectivity index (χ2n) is 5.01. The number of carbonyl (C=O) groups is 2. The van der Waals surface area contributed by atoms with Crippen LogP contribution in [-0.4, -0.2) is 22.0 Å². The summed E-state index contributed by atoms with van der Waals surface area (Å²) >= 11 is 6.13. The van der Waals surface area contributed by atoms with Gasteiger partial charge in [-0.1, -0.05) is 41.9 Å². The summed E-state index contributed by atoms with van der Waals surface area (Å²) in [5.74, 6) is -1.05. The first-order valence-electron chi connectivity index (χ1n) is 7.07. The summed E-state index contributed by atoms with van der Waals surface area (Å²) in [6, 6.07) is 15.3. The lowest BCUT2D eigenvalue weighted by molar-refractivity contribution is 0.100. The number of hydrogen-bond donors (Lipinski definition) is 3. The molecular formula is C17H13ClN4O2. The third kappa shape index (κ3) is 3.13. The Morgan fingerprint density at radius 2 is 1.79 bits per heavy atom. The lowest BCUT2D eigenvalue weighted by atomic mass is 10.1. The highest BCUT2D eigenvalue weighted by molar-refractivity contribution is 6.33. The van der Waals surface area contributed by atoms with Gasteiger partial charge in [0.25, 0.3) is 11.8 Å². The second-order valence-corrected chi connectivity index (χ2v) is 5.42. The average molecular weight is 341 g/mol. The zero-order valence-electron chi connectivity index (χ0n) is 12.4. The average Bonchev–Trinajstić information content (AvgIpc) is 3.05. The zero-order chi connectivity index (χ0) is 17.1. The highest BCUT2D eigenvalue weighted by Gasteiger charge is 2.15. The molecule has 6 nitrogen and oxygen atoms in total. The maximum Gasteiger partial charge on any atom is 0.273 e. The van der Waals surface area contributed by atoms with Crippen molar-refractivity contribution in [3.8, 4) is 11.3 Å². The molecule has 0 bridgehead atoms. The van der Waals surface area contributed by atoms with Crippen molar-refractivity contribution in [3.63, 3.8) is 0 Å². The van der Waals surface area contributed by atoms with Crippen molar-refractivity contribution in [1.29, 1.82) is 0 Å². The molecule has 0 unspecified atom stereocenters. The fourth-order valence-electron chi connectivity index (χ4n) is 2.24. The van der Waals surface area contributed by atoms with Crippen LogP contribution < -0.4 is 11.1 Å². The van der Waals surface area contributed by atoms with E-state index in [0.717, 1.165) is 0 Å². The molecule has 0 saturated heterocycles. The van der Waals surface area contributed by atoms with Crippen LogP contribution in [0.4, 0.5) is 5.69 Å². The van der Waals surface area contributed by atoms with Crippen molar-refractivity contribution in [2.24, 2.45) is 5.73 Å². The van der Waals surface area contributed by atoms with Crippen molar-refractivity contribution in [2.75, 3.05) is 5.32 Å². The predicted octanol–water partition coefficient (Wildman–Crippen LogP) is 3.08. The number of H-pyrrole nitrogens is 1. The maximum atomic E-state index is 12.4. The summed E-state index contributed by atoms with van der Waals surface area (Å²) in [4.78, 5) is 23.8. The van der Waals surface area contributed by atoms with E-state index in [0.29, 0.717) is 22.0 Å². The molecule has 3 aromatic rings. The first-order chi connectivity index (χ1) is 11.6. The number of halogens is 1. The predicted molar refractivity (Wildman–Crippen MR) is 91.9 cm³/mol. The third-order valence-electron chi connectivity index (χ3n) is 3.41. The molecule has 3 rings (SSSR count).